The van der Waals surface area contributed by atoms with Crippen molar-refractivity contribution in [3.8, 4) is 0 Å². The number of nitrogens with zero attached hydrogens (tertiary/aromatic N) is 1. The highest BCUT2D eigenvalue weighted by Crippen LogP contribution is 2.24. The van der Waals surface area contributed by atoms with Crippen molar-refractivity contribution in [3.05, 3.63) is 0 Å². The second-order valence-electron chi connectivity index (χ2n) is 7.12. The van der Waals surface area contributed by atoms with Crippen LogP contribution in [-0.4, -0.2) is 41.5 Å². The van der Waals surface area contributed by atoms with Crippen LogP contribution in [0.1, 0.15) is 53.9 Å². The molecule has 3 N–H and O–H groups in total. The molecule has 1 aliphatic rings. The second kappa shape index (κ2) is 6.71. The molecular weight excluding hydrogens is 238 g/mol. The molecule has 3 unspecified atom stereocenters. The largest absolute Gasteiger partial charge is 0.351 e. The summed E-state index contributed by atoms with van der Waals surface area (Å²) in [7, 11) is 0. The Morgan fingerprint density at radius 1 is 1.37 bits per heavy atom. The number of hydrogen-bond donors (Lipinski definition) is 2. The molecule has 0 saturated carbocycles. The van der Waals surface area contributed by atoms with Crippen LogP contribution in [-0.2, 0) is 4.79 Å². The lowest BCUT2D eigenvalue weighted by molar-refractivity contribution is -0.124. The molecule has 1 fully saturated rings. The number of piperidine rings is 1. The third-order valence-corrected chi connectivity index (χ3v) is 3.84. The number of likely N-dealkylation sites (tertiary alicyclic amines) is 1. The van der Waals surface area contributed by atoms with Crippen LogP contribution in [0.15, 0.2) is 0 Å². The van der Waals surface area contributed by atoms with Gasteiger partial charge >= 0.3 is 0 Å². The van der Waals surface area contributed by atoms with E-state index in [0.29, 0.717) is 24.9 Å². The van der Waals surface area contributed by atoms with Gasteiger partial charge in [-0.2, -0.15) is 0 Å². The zero-order valence-corrected chi connectivity index (χ0v) is 13.2. The molecule has 0 aromatic carbocycles. The maximum atomic E-state index is 12.1. The number of nitrogens with two attached hydrogens (primary N) is 1. The zero-order chi connectivity index (χ0) is 14.6. The Labute approximate surface area is 118 Å². The van der Waals surface area contributed by atoms with Gasteiger partial charge in [0.2, 0.25) is 5.91 Å². The van der Waals surface area contributed by atoms with Crippen molar-refractivity contribution in [2.75, 3.05) is 13.1 Å². The summed E-state index contributed by atoms with van der Waals surface area (Å²) in [6, 6.07) is 0.701. The molecule has 0 aromatic rings. The minimum atomic E-state index is -0.170. The topological polar surface area (TPSA) is 58.4 Å². The van der Waals surface area contributed by atoms with Gasteiger partial charge in [0.1, 0.15) is 0 Å². The van der Waals surface area contributed by atoms with Gasteiger partial charge in [-0.1, -0.05) is 6.92 Å². The summed E-state index contributed by atoms with van der Waals surface area (Å²) < 4.78 is 0. The predicted molar refractivity (Wildman–Crippen MR) is 79.9 cm³/mol. The fraction of sp³-hybridized carbons (Fsp3) is 0.933. The smallest absolute Gasteiger partial charge is 0.222 e. The molecule has 1 amide bonds. The van der Waals surface area contributed by atoms with Gasteiger partial charge in [0, 0.05) is 37.1 Å². The number of carbonyl (C=O) groups excluding carboxylic acids is 1. The van der Waals surface area contributed by atoms with Gasteiger partial charge in [-0.25, -0.2) is 0 Å². The molecule has 0 aromatic heterocycles. The lowest BCUT2D eigenvalue weighted by Crippen LogP contribution is -2.53. The van der Waals surface area contributed by atoms with E-state index in [4.69, 9.17) is 5.73 Å². The Kier molecular flexibility index (Phi) is 5.81. The van der Waals surface area contributed by atoms with E-state index in [2.05, 4.69) is 24.1 Å². The normalized spacial score (nSPS) is 27.1. The molecule has 0 radical (unpaired) electrons. The van der Waals surface area contributed by atoms with E-state index in [1.807, 2.05) is 20.8 Å². The first-order chi connectivity index (χ1) is 8.73. The van der Waals surface area contributed by atoms with Crippen molar-refractivity contribution in [3.63, 3.8) is 0 Å². The number of rotatable bonds is 4. The average Bonchev–Trinajstić information content (AvgIpc) is 2.27. The lowest BCUT2D eigenvalue weighted by atomic mass is 9.92. The van der Waals surface area contributed by atoms with Crippen molar-refractivity contribution in [2.45, 2.75) is 71.5 Å². The number of carbonyl (C=O) groups is 1. The van der Waals surface area contributed by atoms with E-state index in [1.54, 1.807) is 0 Å². The van der Waals surface area contributed by atoms with Crippen LogP contribution in [0.4, 0.5) is 0 Å². The van der Waals surface area contributed by atoms with E-state index in [9.17, 15) is 4.79 Å². The third kappa shape index (κ3) is 5.49. The molecule has 19 heavy (non-hydrogen) atoms. The Morgan fingerprint density at radius 3 is 2.53 bits per heavy atom. The van der Waals surface area contributed by atoms with Crippen molar-refractivity contribution in [2.24, 2.45) is 11.7 Å². The first kappa shape index (κ1) is 16.4. The molecule has 4 nitrogen and oxygen atoms in total. The van der Waals surface area contributed by atoms with E-state index >= 15 is 0 Å². The summed E-state index contributed by atoms with van der Waals surface area (Å²) >= 11 is 0. The standard InChI is InChI=1S/C15H31N3O/c1-11-6-7-12(2)18(10-11)13(9-16)8-14(19)17-15(3,4)5/h11-13H,6-10,16H2,1-5H3,(H,17,19). The van der Waals surface area contributed by atoms with E-state index in [1.165, 1.54) is 12.8 Å². The van der Waals surface area contributed by atoms with Crippen LogP contribution in [0, 0.1) is 5.92 Å². The molecular formula is C15H31N3O. The molecule has 0 bridgehead atoms. The summed E-state index contributed by atoms with van der Waals surface area (Å²) in [6.07, 6.45) is 2.99. The Bertz CT molecular complexity index is 298. The van der Waals surface area contributed by atoms with Crippen LogP contribution in [0.3, 0.4) is 0 Å². The minimum absolute atomic E-state index is 0.105. The maximum absolute atomic E-state index is 12.1. The van der Waals surface area contributed by atoms with Gasteiger partial charge in [0.25, 0.3) is 0 Å². The van der Waals surface area contributed by atoms with Crippen LogP contribution in [0.25, 0.3) is 0 Å². The fourth-order valence-corrected chi connectivity index (χ4v) is 2.85. The number of hydrogen-bond acceptors (Lipinski definition) is 3. The Morgan fingerprint density at radius 2 is 2.00 bits per heavy atom. The van der Waals surface area contributed by atoms with E-state index < -0.39 is 0 Å². The highest BCUT2D eigenvalue weighted by molar-refractivity contribution is 5.77. The summed E-state index contributed by atoms with van der Waals surface area (Å²) in [5.41, 5.74) is 5.73. The van der Waals surface area contributed by atoms with Crippen molar-refractivity contribution < 1.29 is 4.79 Å². The van der Waals surface area contributed by atoms with E-state index in [-0.39, 0.29) is 17.5 Å². The number of amides is 1. The summed E-state index contributed by atoms with van der Waals surface area (Å²) in [5, 5.41) is 3.03. The van der Waals surface area contributed by atoms with Gasteiger partial charge < -0.3 is 11.1 Å². The predicted octanol–water partition coefficient (Wildman–Crippen LogP) is 1.74. The molecule has 0 spiro atoms. The van der Waals surface area contributed by atoms with Crippen LogP contribution < -0.4 is 11.1 Å². The maximum Gasteiger partial charge on any atom is 0.222 e. The minimum Gasteiger partial charge on any atom is -0.351 e. The first-order valence-corrected chi connectivity index (χ1v) is 7.49. The summed E-state index contributed by atoms with van der Waals surface area (Å²) in [6.45, 7) is 12.2. The van der Waals surface area contributed by atoms with Gasteiger partial charge in [-0.05, 0) is 46.5 Å². The zero-order valence-electron chi connectivity index (χ0n) is 13.2. The summed E-state index contributed by atoms with van der Waals surface area (Å²) in [4.78, 5) is 14.5. The van der Waals surface area contributed by atoms with Gasteiger partial charge in [0.05, 0.1) is 0 Å². The van der Waals surface area contributed by atoms with Gasteiger partial charge in [0.15, 0.2) is 0 Å². The van der Waals surface area contributed by atoms with Crippen LogP contribution in [0.2, 0.25) is 0 Å². The molecule has 1 rings (SSSR count). The quantitative estimate of drug-likeness (QED) is 0.817. The Hall–Kier alpha value is -0.610. The molecule has 1 saturated heterocycles. The number of nitrogens with one attached hydrogen (secondary N) is 1. The average molecular weight is 269 g/mol. The van der Waals surface area contributed by atoms with Gasteiger partial charge in [-0.15, -0.1) is 0 Å². The van der Waals surface area contributed by atoms with Crippen molar-refractivity contribution in [1.29, 1.82) is 0 Å². The fourth-order valence-electron chi connectivity index (χ4n) is 2.85. The van der Waals surface area contributed by atoms with Crippen LogP contribution >= 0.6 is 0 Å². The first-order valence-electron chi connectivity index (χ1n) is 7.49. The highest BCUT2D eigenvalue weighted by Gasteiger charge is 2.30. The monoisotopic (exact) mass is 269 g/mol. The van der Waals surface area contributed by atoms with Crippen molar-refractivity contribution in [1.82, 2.24) is 10.2 Å². The third-order valence-electron chi connectivity index (χ3n) is 3.84. The molecule has 1 aliphatic heterocycles. The molecule has 1 heterocycles. The van der Waals surface area contributed by atoms with Crippen molar-refractivity contribution >= 4 is 5.91 Å². The molecule has 0 aliphatic carbocycles. The summed E-state index contributed by atoms with van der Waals surface area (Å²) in [5.74, 6) is 0.810. The SMILES string of the molecule is CC1CCC(C)N(C(CN)CC(=O)NC(C)(C)C)C1. The van der Waals surface area contributed by atoms with Gasteiger partial charge in [-0.3, -0.25) is 9.69 Å². The van der Waals surface area contributed by atoms with E-state index in [0.717, 1.165) is 6.54 Å². The second-order valence-corrected chi connectivity index (χ2v) is 7.12. The molecule has 112 valence electrons. The lowest BCUT2D eigenvalue weighted by Gasteiger charge is -2.41. The highest BCUT2D eigenvalue weighted by atomic mass is 16.1. The Balaban J connectivity index is 2.59. The van der Waals surface area contributed by atoms with Crippen LogP contribution in [0.5, 0.6) is 0 Å². The molecule has 3 atom stereocenters. The molecule has 4 heteroatoms.